The van der Waals surface area contributed by atoms with Gasteiger partial charge in [-0.05, 0) is 121 Å². The number of benzene rings is 2. The van der Waals surface area contributed by atoms with E-state index in [1.165, 1.54) is 7.11 Å². The van der Waals surface area contributed by atoms with E-state index in [4.69, 9.17) is 4.74 Å². The van der Waals surface area contributed by atoms with E-state index >= 15 is 0 Å². The number of esters is 1. The molecular formula is C39H58N5O4+. The number of ether oxygens (including phenoxy) is 1. The number of hydrogen-bond acceptors (Lipinski definition) is 6. The molecule has 0 saturated carbocycles. The fourth-order valence-electron chi connectivity index (χ4n) is 7.09. The summed E-state index contributed by atoms with van der Waals surface area (Å²) in [5, 5.41) is 15.7. The first-order valence-electron chi connectivity index (χ1n) is 17.9. The molecule has 2 aromatic carbocycles. The number of aryl methyl sites for hydroxylation is 2. The van der Waals surface area contributed by atoms with Crippen LogP contribution < -0.4 is 10.6 Å². The molecule has 0 bridgehead atoms. The maximum Gasteiger partial charge on any atom is 0.338 e. The van der Waals surface area contributed by atoms with Gasteiger partial charge in [0.15, 0.2) is 6.54 Å². The van der Waals surface area contributed by atoms with Gasteiger partial charge in [-0.2, -0.15) is 5.26 Å². The average Bonchev–Trinajstić information content (AvgIpc) is 3.08. The first kappa shape index (κ1) is 38.7. The number of quaternary nitrogens is 1. The summed E-state index contributed by atoms with van der Waals surface area (Å²) in [6.07, 6.45) is 9.80. The normalized spacial score (nSPS) is 15.1. The number of amides is 2. The lowest BCUT2D eigenvalue weighted by atomic mass is 9.99. The molecule has 1 unspecified atom stereocenters. The molecular weight excluding hydrogens is 602 g/mol. The highest BCUT2D eigenvalue weighted by molar-refractivity contribution is 5.98. The second kappa shape index (κ2) is 18.7. The van der Waals surface area contributed by atoms with Crippen LogP contribution >= 0.6 is 0 Å². The van der Waals surface area contributed by atoms with Crippen molar-refractivity contribution in [3.63, 3.8) is 0 Å². The monoisotopic (exact) mass is 660 g/mol. The predicted octanol–water partition coefficient (Wildman–Crippen LogP) is 7.21. The van der Waals surface area contributed by atoms with E-state index in [1.54, 1.807) is 6.07 Å². The van der Waals surface area contributed by atoms with Crippen molar-refractivity contribution in [1.29, 1.82) is 5.26 Å². The number of unbranched alkanes of at least 4 members (excludes halogenated alkanes) is 5. The van der Waals surface area contributed by atoms with Gasteiger partial charge in [0.05, 0.1) is 50.0 Å². The number of nitriles is 1. The van der Waals surface area contributed by atoms with Crippen LogP contribution in [0.4, 0.5) is 11.4 Å². The number of methoxy groups -OCH3 is 1. The summed E-state index contributed by atoms with van der Waals surface area (Å²) >= 11 is 0. The first-order chi connectivity index (χ1) is 23.0. The average molecular weight is 661 g/mol. The third kappa shape index (κ3) is 10.1. The van der Waals surface area contributed by atoms with Gasteiger partial charge in [-0.3, -0.25) is 14.5 Å². The molecule has 1 aliphatic heterocycles. The summed E-state index contributed by atoms with van der Waals surface area (Å²) in [6, 6.07) is 9.40. The Kier molecular flexibility index (Phi) is 15.1. The Balaban J connectivity index is 1.43. The van der Waals surface area contributed by atoms with Gasteiger partial charge in [0, 0.05) is 11.4 Å². The summed E-state index contributed by atoms with van der Waals surface area (Å²) in [4.78, 5) is 41.2. The molecule has 1 fully saturated rings. The van der Waals surface area contributed by atoms with Crippen LogP contribution in [0, 0.1) is 39.0 Å². The molecule has 0 aromatic heterocycles. The molecule has 9 nitrogen and oxygen atoms in total. The van der Waals surface area contributed by atoms with Crippen molar-refractivity contribution in [2.45, 2.75) is 105 Å². The highest BCUT2D eigenvalue weighted by atomic mass is 16.5. The lowest BCUT2D eigenvalue weighted by Gasteiger charge is -2.36. The van der Waals surface area contributed by atoms with Crippen LogP contribution in [0.1, 0.15) is 110 Å². The van der Waals surface area contributed by atoms with Crippen molar-refractivity contribution >= 4 is 29.2 Å². The van der Waals surface area contributed by atoms with Gasteiger partial charge >= 0.3 is 5.97 Å². The quantitative estimate of drug-likeness (QED) is 0.105. The Labute approximate surface area is 288 Å². The topological polar surface area (TPSA) is 112 Å². The minimum atomic E-state index is -0.404. The molecule has 0 spiro atoms. The summed E-state index contributed by atoms with van der Waals surface area (Å²) in [5.41, 5.74) is 6.00. The van der Waals surface area contributed by atoms with E-state index in [2.05, 4.69) is 35.5 Å². The number of nitrogens with one attached hydrogen (secondary N) is 2. The van der Waals surface area contributed by atoms with E-state index in [-0.39, 0.29) is 17.9 Å². The third-order valence-electron chi connectivity index (χ3n) is 10.4. The van der Waals surface area contributed by atoms with Gasteiger partial charge in [0.1, 0.15) is 0 Å². The second-order valence-corrected chi connectivity index (χ2v) is 13.5. The van der Waals surface area contributed by atoms with Crippen molar-refractivity contribution in [2.75, 3.05) is 57.0 Å². The minimum Gasteiger partial charge on any atom is -0.465 e. The number of likely N-dealkylation sites (N-methyl/N-ethyl adjacent to an activating group) is 1. The van der Waals surface area contributed by atoms with E-state index in [0.717, 1.165) is 123 Å². The van der Waals surface area contributed by atoms with Crippen LogP contribution in [-0.4, -0.2) is 79.6 Å². The molecule has 0 radical (unpaired) electrons. The molecule has 262 valence electrons. The Morgan fingerprint density at radius 1 is 0.875 bits per heavy atom. The van der Waals surface area contributed by atoms with Crippen molar-refractivity contribution < 1.29 is 23.6 Å². The molecule has 2 amide bonds. The summed E-state index contributed by atoms with van der Waals surface area (Å²) < 4.78 is 5.65. The fraction of sp³-hybridized carbons (Fsp3) is 0.590. The zero-order valence-electron chi connectivity index (χ0n) is 30.5. The highest BCUT2D eigenvalue weighted by Gasteiger charge is 2.30. The van der Waals surface area contributed by atoms with Crippen LogP contribution in [-0.2, 0) is 14.3 Å². The van der Waals surface area contributed by atoms with Crippen LogP contribution in [0.2, 0.25) is 0 Å². The standard InChI is InChI=1S/C39H57N5O4/c1-8-44(9-2,27-35(45)41-37-29(4)20-22-33(31(37)6)39(47)48-7)25-17-13-11-10-12-15-23-43-24-16-14-18-34(43)38(46)42-36-28(3)19-21-32(26-40)30(36)5/h19-22,34H,8-18,23-25,27H2,1-7H3,(H-,41,42,45,46)/p+1. The molecule has 2 aromatic rings. The Hall–Kier alpha value is -3.74. The molecule has 1 heterocycles. The third-order valence-corrected chi connectivity index (χ3v) is 10.4. The number of carbonyl (C=O) groups excluding carboxylic acids is 3. The van der Waals surface area contributed by atoms with E-state index in [1.807, 2.05) is 45.9 Å². The van der Waals surface area contributed by atoms with Gasteiger partial charge in [-0.15, -0.1) is 0 Å². The van der Waals surface area contributed by atoms with Gasteiger partial charge in [0.2, 0.25) is 5.91 Å². The van der Waals surface area contributed by atoms with Gasteiger partial charge < -0.3 is 19.9 Å². The van der Waals surface area contributed by atoms with Crippen molar-refractivity contribution in [3.05, 3.63) is 57.6 Å². The molecule has 48 heavy (non-hydrogen) atoms. The number of anilines is 2. The largest absolute Gasteiger partial charge is 0.465 e. The molecule has 1 atom stereocenters. The fourth-order valence-corrected chi connectivity index (χ4v) is 7.09. The zero-order chi connectivity index (χ0) is 35.3. The lowest BCUT2D eigenvalue weighted by Crippen LogP contribution is -2.52. The lowest BCUT2D eigenvalue weighted by molar-refractivity contribution is -0.917. The highest BCUT2D eigenvalue weighted by Crippen LogP contribution is 2.27. The Morgan fingerprint density at radius 3 is 2.15 bits per heavy atom. The van der Waals surface area contributed by atoms with Gasteiger partial charge in [-0.25, -0.2) is 4.79 Å². The molecule has 0 aliphatic carbocycles. The molecule has 3 rings (SSSR count). The minimum absolute atomic E-state index is 0.0300. The SMILES string of the molecule is CC[N+](CC)(CCCCCCCCN1CCCCC1C(=O)Nc1c(C)ccc(C#N)c1C)CC(=O)Nc1c(C)ccc(C(=O)OC)c1C. The Bertz CT molecular complexity index is 1460. The number of rotatable bonds is 17. The summed E-state index contributed by atoms with van der Waals surface area (Å²) in [6.45, 7) is 17.0. The molecule has 1 saturated heterocycles. The van der Waals surface area contributed by atoms with Crippen molar-refractivity contribution in [2.24, 2.45) is 0 Å². The maximum atomic E-state index is 13.4. The zero-order valence-corrected chi connectivity index (χ0v) is 30.5. The van der Waals surface area contributed by atoms with Crippen LogP contribution in [0.3, 0.4) is 0 Å². The predicted molar refractivity (Wildman–Crippen MR) is 193 cm³/mol. The summed E-state index contributed by atoms with van der Waals surface area (Å²) in [5.74, 6) is -0.394. The Morgan fingerprint density at radius 2 is 1.50 bits per heavy atom. The molecule has 9 heteroatoms. The maximum absolute atomic E-state index is 13.4. The van der Waals surface area contributed by atoms with Crippen molar-refractivity contribution in [1.82, 2.24) is 4.90 Å². The second-order valence-electron chi connectivity index (χ2n) is 13.5. The molecule has 1 aliphatic rings. The summed E-state index contributed by atoms with van der Waals surface area (Å²) in [7, 11) is 1.36. The number of piperidine rings is 1. The number of nitrogens with zero attached hydrogens (tertiary/aromatic N) is 3. The molecule has 2 N–H and O–H groups in total. The van der Waals surface area contributed by atoms with Crippen LogP contribution in [0.15, 0.2) is 24.3 Å². The number of carbonyl (C=O) groups is 3. The van der Waals surface area contributed by atoms with Crippen LogP contribution in [0.25, 0.3) is 0 Å². The first-order valence-corrected chi connectivity index (χ1v) is 17.9. The van der Waals surface area contributed by atoms with Gasteiger partial charge in [-0.1, -0.05) is 37.8 Å². The van der Waals surface area contributed by atoms with E-state index in [9.17, 15) is 19.6 Å². The number of hydrogen-bond donors (Lipinski definition) is 2. The van der Waals surface area contributed by atoms with Crippen LogP contribution in [0.5, 0.6) is 0 Å². The van der Waals surface area contributed by atoms with E-state index in [0.29, 0.717) is 23.4 Å². The van der Waals surface area contributed by atoms with E-state index < -0.39 is 5.97 Å². The number of likely N-dealkylation sites (tertiary alicyclic amines) is 1. The van der Waals surface area contributed by atoms with Gasteiger partial charge in [0.25, 0.3) is 5.91 Å². The smallest absolute Gasteiger partial charge is 0.338 e. The van der Waals surface area contributed by atoms with Crippen molar-refractivity contribution in [3.8, 4) is 6.07 Å².